The SMILES string of the molecule is CCC1C(=O)NC(=O)CN1C(=O)c1ccc[nH]1. The molecule has 1 aliphatic heterocycles. The third-order valence-electron chi connectivity index (χ3n) is 2.73. The maximum atomic E-state index is 12.1. The third kappa shape index (κ3) is 2.06. The zero-order valence-electron chi connectivity index (χ0n) is 9.40. The fraction of sp³-hybridized carbons (Fsp3) is 0.364. The molecular weight excluding hydrogens is 222 g/mol. The van der Waals surface area contributed by atoms with Gasteiger partial charge in [-0.25, -0.2) is 0 Å². The Morgan fingerprint density at radius 1 is 1.53 bits per heavy atom. The second-order valence-corrected chi connectivity index (χ2v) is 3.85. The lowest BCUT2D eigenvalue weighted by atomic mass is 10.1. The minimum Gasteiger partial charge on any atom is -0.357 e. The Bertz CT molecular complexity index is 453. The molecule has 1 aromatic heterocycles. The van der Waals surface area contributed by atoms with Crippen LogP contribution in [0.2, 0.25) is 0 Å². The molecule has 2 rings (SSSR count). The van der Waals surface area contributed by atoms with Gasteiger partial charge in [-0.3, -0.25) is 19.7 Å². The molecule has 0 bridgehead atoms. The molecule has 1 atom stereocenters. The average Bonchev–Trinajstić information content (AvgIpc) is 2.80. The van der Waals surface area contributed by atoms with Gasteiger partial charge in [0.1, 0.15) is 18.3 Å². The largest absolute Gasteiger partial charge is 0.357 e. The number of carbonyl (C=O) groups is 3. The molecule has 0 aliphatic carbocycles. The van der Waals surface area contributed by atoms with E-state index in [1.807, 2.05) is 0 Å². The number of hydrogen-bond donors (Lipinski definition) is 2. The minimum absolute atomic E-state index is 0.0813. The monoisotopic (exact) mass is 235 g/mol. The summed E-state index contributed by atoms with van der Waals surface area (Å²) in [6, 6.07) is 2.73. The van der Waals surface area contributed by atoms with Crippen LogP contribution in [-0.2, 0) is 9.59 Å². The molecule has 2 N–H and O–H groups in total. The van der Waals surface area contributed by atoms with Crippen LogP contribution >= 0.6 is 0 Å². The van der Waals surface area contributed by atoms with Crippen molar-refractivity contribution in [2.45, 2.75) is 19.4 Å². The highest BCUT2D eigenvalue weighted by Gasteiger charge is 2.36. The Morgan fingerprint density at radius 2 is 2.29 bits per heavy atom. The lowest BCUT2D eigenvalue weighted by Gasteiger charge is -2.33. The molecule has 1 unspecified atom stereocenters. The summed E-state index contributed by atoms with van der Waals surface area (Å²) in [4.78, 5) is 39.0. The maximum absolute atomic E-state index is 12.1. The molecule has 1 saturated heterocycles. The maximum Gasteiger partial charge on any atom is 0.271 e. The van der Waals surface area contributed by atoms with E-state index in [-0.39, 0.29) is 12.5 Å². The van der Waals surface area contributed by atoms with Crippen molar-refractivity contribution >= 4 is 17.7 Å². The number of carbonyl (C=O) groups excluding carboxylic acids is 3. The van der Waals surface area contributed by atoms with E-state index in [1.54, 1.807) is 25.3 Å². The predicted octanol–water partition coefficient (Wildman–Crippen LogP) is -0.108. The Balaban J connectivity index is 2.25. The number of H-pyrrole nitrogens is 1. The van der Waals surface area contributed by atoms with Gasteiger partial charge in [0, 0.05) is 6.20 Å². The number of nitrogens with one attached hydrogen (secondary N) is 2. The molecule has 3 amide bonds. The summed E-state index contributed by atoms with van der Waals surface area (Å²) >= 11 is 0. The number of aromatic nitrogens is 1. The molecule has 1 fully saturated rings. The minimum atomic E-state index is -0.580. The van der Waals surface area contributed by atoms with E-state index in [0.717, 1.165) is 0 Å². The van der Waals surface area contributed by atoms with Crippen LogP contribution in [0.15, 0.2) is 18.3 Å². The van der Waals surface area contributed by atoms with Crippen LogP contribution in [0.1, 0.15) is 23.8 Å². The van der Waals surface area contributed by atoms with Gasteiger partial charge in [-0.1, -0.05) is 6.92 Å². The highest BCUT2D eigenvalue weighted by atomic mass is 16.2. The van der Waals surface area contributed by atoms with Crippen molar-refractivity contribution in [2.75, 3.05) is 6.54 Å². The van der Waals surface area contributed by atoms with Gasteiger partial charge in [-0.05, 0) is 18.6 Å². The fourth-order valence-corrected chi connectivity index (χ4v) is 1.90. The second kappa shape index (κ2) is 4.40. The van der Waals surface area contributed by atoms with E-state index in [0.29, 0.717) is 12.1 Å². The van der Waals surface area contributed by atoms with Gasteiger partial charge in [-0.15, -0.1) is 0 Å². The quantitative estimate of drug-likeness (QED) is 0.702. The molecule has 1 aliphatic rings. The summed E-state index contributed by atoms with van der Waals surface area (Å²) in [5.74, 6) is -1.19. The Morgan fingerprint density at radius 3 is 2.88 bits per heavy atom. The van der Waals surface area contributed by atoms with Crippen LogP contribution in [-0.4, -0.2) is 40.2 Å². The Labute approximate surface area is 98.0 Å². The normalized spacial score (nSPS) is 20.3. The molecule has 0 aromatic carbocycles. The highest BCUT2D eigenvalue weighted by molar-refractivity contribution is 6.06. The zero-order valence-corrected chi connectivity index (χ0v) is 9.40. The summed E-state index contributed by atoms with van der Waals surface area (Å²) in [6.45, 7) is 1.72. The standard InChI is InChI=1S/C11H13N3O3/c1-2-8-10(16)13-9(15)6-14(8)11(17)7-4-3-5-12-7/h3-5,8,12H,2,6H2,1H3,(H,13,15,16). The summed E-state index contributed by atoms with van der Waals surface area (Å²) < 4.78 is 0. The van der Waals surface area contributed by atoms with Gasteiger partial charge in [0.15, 0.2) is 0 Å². The Kier molecular flexibility index (Phi) is 2.95. The zero-order chi connectivity index (χ0) is 12.4. The average molecular weight is 235 g/mol. The van der Waals surface area contributed by atoms with Crippen molar-refractivity contribution in [1.29, 1.82) is 0 Å². The lowest BCUT2D eigenvalue weighted by molar-refractivity contribution is -0.138. The van der Waals surface area contributed by atoms with Gasteiger partial charge >= 0.3 is 0 Å². The second-order valence-electron chi connectivity index (χ2n) is 3.85. The van der Waals surface area contributed by atoms with Gasteiger partial charge in [-0.2, -0.15) is 0 Å². The number of piperazine rings is 1. The molecule has 90 valence electrons. The first-order valence-electron chi connectivity index (χ1n) is 5.41. The number of aromatic amines is 1. The molecule has 2 heterocycles. The molecule has 17 heavy (non-hydrogen) atoms. The first-order valence-corrected chi connectivity index (χ1v) is 5.41. The lowest BCUT2D eigenvalue weighted by Crippen LogP contribution is -2.59. The van der Waals surface area contributed by atoms with Crippen molar-refractivity contribution < 1.29 is 14.4 Å². The third-order valence-corrected chi connectivity index (χ3v) is 2.73. The van der Waals surface area contributed by atoms with Crippen molar-refractivity contribution in [2.24, 2.45) is 0 Å². The summed E-state index contributed by atoms with van der Waals surface area (Å²) in [6.07, 6.45) is 2.10. The van der Waals surface area contributed by atoms with E-state index in [4.69, 9.17) is 0 Å². The van der Waals surface area contributed by atoms with Crippen molar-refractivity contribution in [3.05, 3.63) is 24.0 Å². The number of amides is 3. The molecule has 1 aromatic rings. The van der Waals surface area contributed by atoms with Gasteiger partial charge in [0.25, 0.3) is 5.91 Å². The van der Waals surface area contributed by atoms with Crippen molar-refractivity contribution in [3.63, 3.8) is 0 Å². The molecular formula is C11H13N3O3. The fourth-order valence-electron chi connectivity index (χ4n) is 1.90. The smallest absolute Gasteiger partial charge is 0.271 e. The molecule has 0 saturated carbocycles. The van der Waals surface area contributed by atoms with Gasteiger partial charge in [0.05, 0.1) is 0 Å². The molecule has 6 nitrogen and oxygen atoms in total. The van der Waals surface area contributed by atoms with E-state index in [2.05, 4.69) is 10.3 Å². The first kappa shape index (κ1) is 11.4. The van der Waals surface area contributed by atoms with Crippen LogP contribution in [0.4, 0.5) is 0 Å². The van der Waals surface area contributed by atoms with E-state index >= 15 is 0 Å². The number of hydrogen-bond acceptors (Lipinski definition) is 3. The van der Waals surface area contributed by atoms with E-state index in [1.165, 1.54) is 4.90 Å². The number of imide groups is 1. The molecule has 6 heteroatoms. The molecule has 0 spiro atoms. The highest BCUT2D eigenvalue weighted by Crippen LogP contribution is 2.12. The summed E-state index contributed by atoms with van der Waals surface area (Å²) in [5.41, 5.74) is 0.381. The topological polar surface area (TPSA) is 82.3 Å². The van der Waals surface area contributed by atoms with Crippen molar-refractivity contribution in [3.8, 4) is 0 Å². The van der Waals surface area contributed by atoms with E-state index < -0.39 is 17.9 Å². The first-order chi connectivity index (χ1) is 8.13. The Hall–Kier alpha value is -2.11. The van der Waals surface area contributed by atoms with Crippen LogP contribution in [0.5, 0.6) is 0 Å². The van der Waals surface area contributed by atoms with Crippen LogP contribution in [0.25, 0.3) is 0 Å². The number of nitrogens with zero attached hydrogens (tertiary/aromatic N) is 1. The predicted molar refractivity (Wildman–Crippen MR) is 59.1 cm³/mol. The summed E-state index contributed by atoms with van der Waals surface area (Å²) in [7, 11) is 0. The van der Waals surface area contributed by atoms with Gasteiger partial charge < -0.3 is 9.88 Å². The van der Waals surface area contributed by atoms with Crippen LogP contribution in [0, 0.1) is 0 Å². The van der Waals surface area contributed by atoms with Crippen LogP contribution in [0.3, 0.4) is 0 Å². The molecule has 0 radical (unpaired) electrons. The van der Waals surface area contributed by atoms with Gasteiger partial charge in [0.2, 0.25) is 11.8 Å². The van der Waals surface area contributed by atoms with Crippen molar-refractivity contribution in [1.82, 2.24) is 15.2 Å². The van der Waals surface area contributed by atoms with E-state index in [9.17, 15) is 14.4 Å². The summed E-state index contributed by atoms with van der Waals surface area (Å²) in [5, 5.41) is 2.23. The number of rotatable bonds is 2. The van der Waals surface area contributed by atoms with Crippen LogP contribution < -0.4 is 5.32 Å².